The van der Waals surface area contributed by atoms with Crippen LogP contribution in [0.4, 0.5) is 0 Å². The first-order chi connectivity index (χ1) is 10.8. The molecule has 2 heterocycles. The molecule has 136 valence electrons. The highest BCUT2D eigenvalue weighted by molar-refractivity contribution is 4.98. The van der Waals surface area contributed by atoms with Gasteiger partial charge in [0.1, 0.15) is 42.7 Å². The van der Waals surface area contributed by atoms with Gasteiger partial charge in [-0.2, -0.15) is 0 Å². The van der Waals surface area contributed by atoms with Crippen LogP contribution < -0.4 is 0 Å². The molecule has 2 fully saturated rings. The molecule has 11 nitrogen and oxygen atoms in total. The number of hydrogen-bond donors (Lipinski definition) is 8. The molecular weight excluding hydrogens is 320 g/mol. The van der Waals surface area contributed by atoms with Crippen molar-refractivity contribution in [1.82, 2.24) is 0 Å². The van der Waals surface area contributed by atoms with E-state index in [1.807, 2.05) is 0 Å². The van der Waals surface area contributed by atoms with Gasteiger partial charge in [0.2, 0.25) is 5.79 Å². The third kappa shape index (κ3) is 3.36. The highest BCUT2D eigenvalue weighted by atomic mass is 16.7. The third-order valence-corrected chi connectivity index (χ3v) is 4.04. The average molecular weight is 342 g/mol. The minimum atomic E-state index is -2.37. The Balaban J connectivity index is 2.13. The zero-order chi connectivity index (χ0) is 17.4. The van der Waals surface area contributed by atoms with Crippen molar-refractivity contribution in [1.29, 1.82) is 0 Å². The molecular formula is C12H22O11. The lowest BCUT2D eigenvalue weighted by atomic mass is 9.99. The van der Waals surface area contributed by atoms with Crippen LogP contribution in [0.25, 0.3) is 0 Å². The molecule has 23 heavy (non-hydrogen) atoms. The van der Waals surface area contributed by atoms with E-state index in [4.69, 9.17) is 24.4 Å². The van der Waals surface area contributed by atoms with E-state index in [9.17, 15) is 30.6 Å². The molecule has 2 aliphatic heterocycles. The van der Waals surface area contributed by atoms with E-state index in [2.05, 4.69) is 0 Å². The van der Waals surface area contributed by atoms with Crippen LogP contribution in [0.2, 0.25) is 0 Å². The highest BCUT2D eigenvalue weighted by Crippen LogP contribution is 2.33. The molecule has 0 aromatic carbocycles. The summed E-state index contributed by atoms with van der Waals surface area (Å²) in [6, 6.07) is 0. The first kappa shape index (κ1) is 18.9. The lowest BCUT2D eigenvalue weighted by Gasteiger charge is -2.41. The zero-order valence-corrected chi connectivity index (χ0v) is 12.0. The summed E-state index contributed by atoms with van der Waals surface area (Å²) in [4.78, 5) is 0. The maximum atomic E-state index is 10.00. The van der Waals surface area contributed by atoms with Crippen LogP contribution in [0.5, 0.6) is 0 Å². The van der Waals surface area contributed by atoms with Gasteiger partial charge < -0.3 is 55.1 Å². The molecule has 8 N–H and O–H groups in total. The Labute approximate surface area is 130 Å². The summed E-state index contributed by atoms with van der Waals surface area (Å²) in [6.45, 7) is -2.32. The van der Waals surface area contributed by atoms with Crippen molar-refractivity contribution >= 4 is 0 Å². The minimum absolute atomic E-state index is 0.668. The molecule has 0 bridgehead atoms. The lowest BCUT2D eigenvalue weighted by molar-refractivity contribution is -0.318. The van der Waals surface area contributed by atoms with Gasteiger partial charge in [-0.1, -0.05) is 0 Å². The molecule has 2 saturated heterocycles. The van der Waals surface area contributed by atoms with E-state index >= 15 is 0 Å². The Hall–Kier alpha value is -0.440. The van der Waals surface area contributed by atoms with Gasteiger partial charge in [-0.05, 0) is 0 Å². The van der Waals surface area contributed by atoms with Crippen LogP contribution in [0, 0.1) is 0 Å². The van der Waals surface area contributed by atoms with Crippen molar-refractivity contribution in [3.8, 4) is 0 Å². The van der Waals surface area contributed by atoms with Crippen molar-refractivity contribution in [3.05, 3.63) is 0 Å². The van der Waals surface area contributed by atoms with Crippen LogP contribution in [0.15, 0.2) is 0 Å². The molecule has 0 aromatic heterocycles. The zero-order valence-electron chi connectivity index (χ0n) is 12.0. The number of hydrogen-bond acceptors (Lipinski definition) is 11. The van der Waals surface area contributed by atoms with Gasteiger partial charge in [0.25, 0.3) is 0 Å². The predicted molar refractivity (Wildman–Crippen MR) is 68.6 cm³/mol. The molecule has 0 radical (unpaired) electrons. The summed E-state index contributed by atoms with van der Waals surface area (Å²) < 4.78 is 15.3. The highest BCUT2D eigenvalue weighted by Gasteiger charge is 2.56. The van der Waals surface area contributed by atoms with Gasteiger partial charge >= 0.3 is 0 Å². The Kier molecular flexibility index (Phi) is 5.92. The monoisotopic (exact) mass is 342 g/mol. The summed E-state index contributed by atoms with van der Waals surface area (Å²) in [7, 11) is 0. The van der Waals surface area contributed by atoms with Crippen LogP contribution in [-0.4, -0.2) is 115 Å². The molecule has 2 rings (SSSR count). The molecule has 0 aliphatic carbocycles. The van der Waals surface area contributed by atoms with Crippen LogP contribution in [0.3, 0.4) is 0 Å². The minimum Gasteiger partial charge on any atom is -0.394 e. The van der Waals surface area contributed by atoms with E-state index in [-0.39, 0.29) is 0 Å². The third-order valence-electron chi connectivity index (χ3n) is 4.04. The predicted octanol–water partition coefficient (Wildman–Crippen LogP) is -5.40. The molecule has 0 spiro atoms. The second-order valence-electron chi connectivity index (χ2n) is 5.58. The van der Waals surface area contributed by atoms with Gasteiger partial charge in [-0.3, -0.25) is 0 Å². The molecule has 0 saturated carbocycles. The Morgan fingerprint density at radius 2 is 1.48 bits per heavy atom. The summed E-state index contributed by atoms with van der Waals surface area (Å²) >= 11 is 0. The first-order valence-electron chi connectivity index (χ1n) is 7.05. The first-order valence-corrected chi connectivity index (χ1v) is 7.05. The number of rotatable bonds is 5. The number of aliphatic hydroxyl groups is 8. The molecule has 0 aromatic rings. The SMILES string of the molecule is OC[C@H]1O[C@H](O[C@@H]2[C@@H](CO)O[C@@](O)(CO)[C@H]2O)[C@H](O)[C@@H](O)[C@@H]1O. The van der Waals surface area contributed by atoms with Crippen molar-refractivity contribution in [2.24, 2.45) is 0 Å². The summed E-state index contributed by atoms with van der Waals surface area (Å²) in [5.74, 6) is -2.37. The smallest absolute Gasteiger partial charge is 0.219 e. The molecule has 0 unspecified atom stereocenters. The summed E-state index contributed by atoms with van der Waals surface area (Å²) in [6.07, 6.45) is -12.2. The van der Waals surface area contributed by atoms with Gasteiger partial charge in [0, 0.05) is 0 Å². The Morgan fingerprint density at radius 1 is 0.870 bits per heavy atom. The molecule has 9 atom stereocenters. The number of ether oxygens (including phenoxy) is 3. The van der Waals surface area contributed by atoms with Gasteiger partial charge in [0.05, 0.1) is 19.8 Å². The van der Waals surface area contributed by atoms with Crippen molar-refractivity contribution in [2.45, 2.75) is 54.8 Å². The quantitative estimate of drug-likeness (QED) is 0.238. The topological polar surface area (TPSA) is 190 Å². The second-order valence-corrected chi connectivity index (χ2v) is 5.58. The fourth-order valence-corrected chi connectivity index (χ4v) is 2.63. The summed E-state index contributed by atoms with van der Waals surface area (Å²) in [5.41, 5.74) is 0. The second kappa shape index (κ2) is 7.21. The molecule has 11 heteroatoms. The van der Waals surface area contributed by atoms with Crippen LogP contribution >= 0.6 is 0 Å². The molecule has 0 amide bonds. The van der Waals surface area contributed by atoms with E-state index in [0.717, 1.165) is 0 Å². The maximum absolute atomic E-state index is 10.00. The van der Waals surface area contributed by atoms with Gasteiger partial charge in [-0.15, -0.1) is 0 Å². The fourth-order valence-electron chi connectivity index (χ4n) is 2.63. The van der Waals surface area contributed by atoms with Gasteiger partial charge in [0.15, 0.2) is 6.29 Å². The Morgan fingerprint density at radius 3 is 2.00 bits per heavy atom. The van der Waals surface area contributed by atoms with Crippen molar-refractivity contribution in [3.63, 3.8) is 0 Å². The standard InChI is InChI=1S/C12H22O11/c13-1-4-6(16)7(17)8(18)11(21-4)22-9-5(2-14)23-12(20,3-15)10(9)19/h4-11,13-20H,1-3H2/t4-,5-,6-,7+,8-,9-,10+,11-,12+/m1/s1. The summed E-state index contributed by atoms with van der Waals surface area (Å²) in [5, 5.41) is 76.5. The van der Waals surface area contributed by atoms with Gasteiger partial charge in [-0.25, -0.2) is 0 Å². The number of aliphatic hydroxyl groups excluding tert-OH is 7. The fraction of sp³-hybridized carbons (Fsp3) is 1.00. The maximum Gasteiger partial charge on any atom is 0.219 e. The van der Waals surface area contributed by atoms with E-state index in [1.165, 1.54) is 0 Å². The van der Waals surface area contributed by atoms with E-state index in [1.54, 1.807) is 0 Å². The lowest BCUT2D eigenvalue weighted by Crippen LogP contribution is -2.60. The average Bonchev–Trinajstić information content (AvgIpc) is 2.80. The largest absolute Gasteiger partial charge is 0.394 e. The van der Waals surface area contributed by atoms with E-state index < -0.39 is 74.6 Å². The van der Waals surface area contributed by atoms with E-state index in [0.29, 0.717) is 0 Å². The van der Waals surface area contributed by atoms with Crippen molar-refractivity contribution < 1.29 is 55.1 Å². The Bertz CT molecular complexity index is 393. The van der Waals surface area contributed by atoms with Crippen LogP contribution in [-0.2, 0) is 14.2 Å². The van der Waals surface area contributed by atoms with Crippen LogP contribution in [0.1, 0.15) is 0 Å². The molecule has 2 aliphatic rings. The normalized spacial score (nSPS) is 51.1. The van der Waals surface area contributed by atoms with Crippen molar-refractivity contribution in [2.75, 3.05) is 19.8 Å².